The van der Waals surface area contributed by atoms with Crippen LogP contribution in [0.4, 0.5) is 0 Å². The molecular formula is C26H36N2O3S. The maximum Gasteiger partial charge on any atom is 0.206 e. The summed E-state index contributed by atoms with van der Waals surface area (Å²) in [7, 11) is -2.03. The zero-order valence-electron chi connectivity index (χ0n) is 19.5. The van der Waals surface area contributed by atoms with Gasteiger partial charge in [-0.3, -0.25) is 9.80 Å². The van der Waals surface area contributed by atoms with Gasteiger partial charge in [0.25, 0.3) is 0 Å². The largest absolute Gasteiger partial charge is 0.497 e. The SMILES string of the molecule is COc1cccc(S(=O)(=O)c2ccc(C(C)N3CCN(C4CCCCC4)C[C@H]3C)cc2)c1. The molecule has 4 rings (SSSR count). The molecule has 6 heteroatoms. The first kappa shape index (κ1) is 23.3. The zero-order valence-corrected chi connectivity index (χ0v) is 20.4. The lowest BCUT2D eigenvalue weighted by Gasteiger charge is -2.46. The zero-order chi connectivity index (χ0) is 22.7. The summed E-state index contributed by atoms with van der Waals surface area (Å²) in [6.07, 6.45) is 6.85. The van der Waals surface area contributed by atoms with E-state index in [4.69, 9.17) is 4.74 Å². The fraction of sp³-hybridized carbons (Fsp3) is 0.538. The Morgan fingerprint density at radius 1 is 0.969 bits per heavy atom. The van der Waals surface area contributed by atoms with Crippen LogP contribution in [0.3, 0.4) is 0 Å². The number of hydrogen-bond donors (Lipinski definition) is 0. The lowest BCUT2D eigenvalue weighted by Crippen LogP contribution is -2.55. The molecule has 0 N–H and O–H groups in total. The van der Waals surface area contributed by atoms with Gasteiger partial charge in [0.05, 0.1) is 16.9 Å². The van der Waals surface area contributed by atoms with Gasteiger partial charge >= 0.3 is 0 Å². The van der Waals surface area contributed by atoms with Gasteiger partial charge < -0.3 is 4.74 Å². The van der Waals surface area contributed by atoms with Crippen molar-refractivity contribution in [2.24, 2.45) is 0 Å². The summed E-state index contributed by atoms with van der Waals surface area (Å²) in [6, 6.07) is 15.6. The van der Waals surface area contributed by atoms with E-state index in [1.54, 1.807) is 36.4 Å². The van der Waals surface area contributed by atoms with E-state index in [1.807, 2.05) is 12.1 Å². The summed E-state index contributed by atoms with van der Waals surface area (Å²) < 4.78 is 31.3. The Hall–Kier alpha value is -1.89. The molecule has 1 aliphatic heterocycles. The van der Waals surface area contributed by atoms with Crippen LogP contribution < -0.4 is 4.74 Å². The third kappa shape index (κ3) is 4.87. The molecule has 0 spiro atoms. The monoisotopic (exact) mass is 456 g/mol. The maximum atomic E-state index is 13.1. The number of rotatable bonds is 6. The molecule has 0 amide bonds. The van der Waals surface area contributed by atoms with Crippen molar-refractivity contribution < 1.29 is 13.2 Å². The van der Waals surface area contributed by atoms with Crippen molar-refractivity contribution in [1.29, 1.82) is 0 Å². The minimum absolute atomic E-state index is 0.255. The molecule has 32 heavy (non-hydrogen) atoms. The maximum absolute atomic E-state index is 13.1. The van der Waals surface area contributed by atoms with E-state index in [2.05, 4.69) is 23.6 Å². The first-order valence-electron chi connectivity index (χ1n) is 11.9. The number of methoxy groups -OCH3 is 1. The summed E-state index contributed by atoms with van der Waals surface area (Å²) in [5, 5.41) is 0. The number of piperazine rings is 1. The van der Waals surface area contributed by atoms with Gasteiger partial charge in [-0.2, -0.15) is 0 Å². The normalized spacial score (nSPS) is 22.5. The van der Waals surface area contributed by atoms with Gasteiger partial charge in [0.15, 0.2) is 0 Å². The van der Waals surface area contributed by atoms with Gasteiger partial charge in [-0.05, 0) is 62.6 Å². The Bertz CT molecular complexity index is 1000. The van der Waals surface area contributed by atoms with Crippen molar-refractivity contribution in [3.63, 3.8) is 0 Å². The van der Waals surface area contributed by atoms with E-state index in [0.29, 0.717) is 16.7 Å². The second-order valence-corrected chi connectivity index (χ2v) is 11.3. The Morgan fingerprint density at radius 3 is 2.34 bits per heavy atom. The van der Waals surface area contributed by atoms with Gasteiger partial charge in [0.2, 0.25) is 9.84 Å². The van der Waals surface area contributed by atoms with E-state index in [9.17, 15) is 8.42 Å². The molecule has 1 saturated heterocycles. The Labute approximate surface area is 193 Å². The molecule has 2 aliphatic rings. The average molecular weight is 457 g/mol. The first-order valence-corrected chi connectivity index (χ1v) is 13.4. The third-order valence-corrected chi connectivity index (χ3v) is 9.09. The van der Waals surface area contributed by atoms with Crippen molar-refractivity contribution >= 4 is 9.84 Å². The third-order valence-electron chi connectivity index (χ3n) is 7.32. The van der Waals surface area contributed by atoms with Gasteiger partial charge in [-0.25, -0.2) is 8.42 Å². The lowest BCUT2D eigenvalue weighted by atomic mass is 9.93. The number of benzene rings is 2. The van der Waals surface area contributed by atoms with E-state index in [-0.39, 0.29) is 10.9 Å². The average Bonchev–Trinajstić information content (AvgIpc) is 2.84. The number of ether oxygens (including phenoxy) is 1. The molecule has 2 aromatic rings. The molecule has 1 unspecified atom stereocenters. The lowest BCUT2D eigenvalue weighted by molar-refractivity contribution is 0.0225. The fourth-order valence-electron chi connectivity index (χ4n) is 5.37. The molecule has 1 heterocycles. The van der Waals surface area contributed by atoms with Crippen LogP contribution in [-0.2, 0) is 9.84 Å². The molecule has 2 atom stereocenters. The van der Waals surface area contributed by atoms with Gasteiger partial charge in [0, 0.05) is 37.8 Å². The van der Waals surface area contributed by atoms with Crippen LogP contribution in [0.2, 0.25) is 0 Å². The Morgan fingerprint density at radius 2 is 1.69 bits per heavy atom. The molecule has 2 aromatic carbocycles. The quantitative estimate of drug-likeness (QED) is 0.617. The summed E-state index contributed by atoms with van der Waals surface area (Å²) in [5.74, 6) is 0.540. The van der Waals surface area contributed by atoms with Crippen LogP contribution in [0.25, 0.3) is 0 Å². The standard InChI is InChI=1S/C26H36N2O3S/c1-20-19-27(23-8-5-4-6-9-23)16-17-28(20)21(2)22-12-14-25(15-13-22)32(29,30)26-11-7-10-24(18-26)31-3/h7,10-15,18,20-21,23H,4-6,8-9,16-17,19H2,1-3H3/t20-,21?/m1/s1. The van der Waals surface area contributed by atoms with E-state index in [1.165, 1.54) is 39.2 Å². The molecule has 0 bridgehead atoms. The van der Waals surface area contributed by atoms with E-state index in [0.717, 1.165) is 31.2 Å². The van der Waals surface area contributed by atoms with Crippen LogP contribution in [0.1, 0.15) is 57.6 Å². The molecule has 174 valence electrons. The van der Waals surface area contributed by atoms with Crippen molar-refractivity contribution in [2.75, 3.05) is 26.7 Å². The highest BCUT2D eigenvalue weighted by Crippen LogP contribution is 2.30. The van der Waals surface area contributed by atoms with Gasteiger partial charge in [0.1, 0.15) is 5.75 Å². The van der Waals surface area contributed by atoms with Crippen molar-refractivity contribution in [3.8, 4) is 5.75 Å². The van der Waals surface area contributed by atoms with Crippen LogP contribution in [0, 0.1) is 0 Å². The van der Waals surface area contributed by atoms with Crippen molar-refractivity contribution in [3.05, 3.63) is 54.1 Å². The number of nitrogens with zero attached hydrogens (tertiary/aromatic N) is 2. The molecule has 1 aliphatic carbocycles. The highest BCUT2D eigenvalue weighted by Gasteiger charge is 2.31. The fourth-order valence-corrected chi connectivity index (χ4v) is 6.67. The van der Waals surface area contributed by atoms with Gasteiger partial charge in [-0.15, -0.1) is 0 Å². The summed E-state index contributed by atoms with van der Waals surface area (Å²) in [5.41, 5.74) is 1.16. The van der Waals surface area contributed by atoms with Crippen LogP contribution in [-0.4, -0.2) is 57.0 Å². The number of hydrogen-bond acceptors (Lipinski definition) is 5. The highest BCUT2D eigenvalue weighted by atomic mass is 32.2. The minimum atomic E-state index is -3.57. The van der Waals surface area contributed by atoms with Crippen molar-refractivity contribution in [2.45, 2.75) is 73.9 Å². The van der Waals surface area contributed by atoms with Crippen molar-refractivity contribution in [1.82, 2.24) is 9.80 Å². The molecule has 2 fully saturated rings. The molecule has 0 radical (unpaired) electrons. The summed E-state index contributed by atoms with van der Waals surface area (Å²) >= 11 is 0. The van der Waals surface area contributed by atoms with Gasteiger partial charge in [-0.1, -0.05) is 37.5 Å². The van der Waals surface area contributed by atoms with E-state index < -0.39 is 9.84 Å². The molecule has 1 saturated carbocycles. The first-order chi connectivity index (χ1) is 15.4. The Balaban J connectivity index is 1.44. The summed E-state index contributed by atoms with van der Waals surface area (Å²) in [4.78, 5) is 5.84. The summed E-state index contributed by atoms with van der Waals surface area (Å²) in [6.45, 7) is 7.87. The molecule has 5 nitrogen and oxygen atoms in total. The van der Waals surface area contributed by atoms with Crippen LogP contribution in [0.5, 0.6) is 5.75 Å². The molecular weight excluding hydrogens is 420 g/mol. The smallest absolute Gasteiger partial charge is 0.206 e. The number of sulfone groups is 1. The second kappa shape index (κ2) is 9.94. The van der Waals surface area contributed by atoms with Crippen LogP contribution in [0.15, 0.2) is 58.3 Å². The van der Waals surface area contributed by atoms with Crippen LogP contribution >= 0.6 is 0 Å². The Kier molecular flexibility index (Phi) is 7.23. The predicted octanol–water partition coefficient (Wildman–Crippen LogP) is 4.93. The predicted molar refractivity (Wildman–Crippen MR) is 128 cm³/mol. The second-order valence-electron chi connectivity index (χ2n) is 9.30. The topological polar surface area (TPSA) is 49.9 Å². The molecule has 0 aromatic heterocycles. The minimum Gasteiger partial charge on any atom is -0.497 e. The van der Waals surface area contributed by atoms with E-state index >= 15 is 0 Å². The highest BCUT2D eigenvalue weighted by molar-refractivity contribution is 7.91.